The van der Waals surface area contributed by atoms with Gasteiger partial charge in [0.05, 0.1) is 18.8 Å². The second-order valence-electron chi connectivity index (χ2n) is 7.73. The van der Waals surface area contributed by atoms with Crippen LogP contribution >= 0.6 is 34.0 Å². The van der Waals surface area contributed by atoms with Crippen molar-refractivity contribution in [3.05, 3.63) is 42.0 Å². The molecule has 28 heavy (non-hydrogen) atoms. The molecule has 2 N–H and O–H groups in total. The van der Waals surface area contributed by atoms with Crippen molar-refractivity contribution >= 4 is 78.7 Å². The second kappa shape index (κ2) is 7.66. The van der Waals surface area contributed by atoms with Crippen LogP contribution in [-0.4, -0.2) is 0 Å². The highest BCUT2D eigenvalue weighted by Crippen LogP contribution is 2.50. The topological polar surface area (TPSA) is 26.0 Å². The zero-order chi connectivity index (χ0) is 19.1. The van der Waals surface area contributed by atoms with Crippen molar-refractivity contribution in [3.8, 4) is 0 Å². The van der Waals surface area contributed by atoms with E-state index in [1.54, 1.807) is 0 Å². The number of unbranched alkanes of at least 4 members (excludes halogenated alkanes) is 5. The van der Waals surface area contributed by atoms with E-state index in [-0.39, 0.29) is 0 Å². The summed E-state index contributed by atoms with van der Waals surface area (Å²) in [6.45, 7) is 2.28. The molecule has 0 bridgehead atoms. The molecule has 0 aliphatic rings. The van der Waals surface area contributed by atoms with Gasteiger partial charge < -0.3 is 5.73 Å². The maximum atomic E-state index is 5.99. The van der Waals surface area contributed by atoms with Gasteiger partial charge in [0.2, 0.25) is 0 Å². The van der Waals surface area contributed by atoms with Gasteiger partial charge in [-0.3, -0.25) is 0 Å². The fraction of sp³-hybridized carbons (Fsp3) is 0.333. The monoisotopic (exact) mass is 423 g/mol. The number of benzene rings is 2. The van der Waals surface area contributed by atoms with Crippen LogP contribution in [0.3, 0.4) is 0 Å². The molecule has 5 aromatic rings. The average molecular weight is 424 g/mol. The number of fused-ring (bicyclic) bond motifs is 7. The minimum absolute atomic E-state index is 0.855. The van der Waals surface area contributed by atoms with Gasteiger partial charge in [0.25, 0.3) is 0 Å². The Morgan fingerprint density at radius 1 is 0.679 bits per heavy atom. The maximum Gasteiger partial charge on any atom is 0.0642 e. The summed E-state index contributed by atoms with van der Waals surface area (Å²) in [4.78, 5) is 0. The highest BCUT2D eigenvalue weighted by molar-refractivity contribution is 7.43. The largest absolute Gasteiger partial charge is 0.399 e. The lowest BCUT2D eigenvalue weighted by atomic mass is 10.0. The van der Waals surface area contributed by atoms with Crippen LogP contribution < -0.4 is 5.73 Å². The molecule has 5 rings (SSSR count). The van der Waals surface area contributed by atoms with Crippen molar-refractivity contribution in [2.24, 2.45) is 0 Å². The summed E-state index contributed by atoms with van der Waals surface area (Å²) in [5.74, 6) is 0. The van der Waals surface area contributed by atoms with Gasteiger partial charge in [0.1, 0.15) is 0 Å². The molecule has 0 aliphatic carbocycles. The third kappa shape index (κ3) is 3.22. The van der Waals surface area contributed by atoms with Crippen LogP contribution in [0, 0.1) is 0 Å². The minimum Gasteiger partial charge on any atom is -0.399 e. The molecule has 3 aromatic heterocycles. The van der Waals surface area contributed by atoms with Gasteiger partial charge in [-0.25, -0.2) is 0 Å². The molecule has 1 nitrogen and oxygen atoms in total. The van der Waals surface area contributed by atoms with E-state index in [9.17, 15) is 0 Å². The molecule has 0 fully saturated rings. The Morgan fingerprint density at radius 3 is 2.07 bits per heavy atom. The first-order chi connectivity index (χ1) is 13.7. The zero-order valence-corrected chi connectivity index (χ0v) is 18.7. The summed E-state index contributed by atoms with van der Waals surface area (Å²) in [5.41, 5.74) is 8.34. The highest BCUT2D eigenvalue weighted by Gasteiger charge is 2.16. The summed E-state index contributed by atoms with van der Waals surface area (Å²) >= 11 is 5.82. The normalized spacial score (nSPS) is 12.2. The Hall–Kier alpha value is -1.62. The molecular formula is C24H25NS3. The van der Waals surface area contributed by atoms with E-state index >= 15 is 0 Å². The standard InChI is InChI=1S/C24H25NS3/c1-2-3-4-5-6-7-8-15-9-11-17-19(13-15)26-23-21(17)28-22-18-12-10-16(25)14-20(18)27-24(22)23/h9-14H,2-8,25H2,1H3. The number of aryl methyl sites for hydroxylation is 1. The Balaban J connectivity index is 1.45. The number of hydrogen-bond donors (Lipinski definition) is 1. The molecule has 0 saturated heterocycles. The van der Waals surface area contributed by atoms with E-state index in [4.69, 9.17) is 5.73 Å². The molecule has 0 radical (unpaired) electrons. The number of nitrogen functional groups attached to an aromatic ring is 1. The SMILES string of the molecule is CCCCCCCCc1ccc2c(c1)sc1c2sc2c3ccc(N)cc3sc21. The van der Waals surface area contributed by atoms with Crippen molar-refractivity contribution in [1.29, 1.82) is 0 Å². The lowest BCUT2D eigenvalue weighted by Gasteiger charge is -2.02. The Labute approximate surface area is 177 Å². The first kappa shape index (κ1) is 18.4. The third-order valence-corrected chi connectivity index (χ3v) is 9.59. The Morgan fingerprint density at radius 2 is 1.32 bits per heavy atom. The van der Waals surface area contributed by atoms with Gasteiger partial charge in [0, 0.05) is 25.9 Å². The third-order valence-electron chi connectivity index (χ3n) is 5.61. The fourth-order valence-corrected chi connectivity index (χ4v) is 8.45. The lowest BCUT2D eigenvalue weighted by molar-refractivity contribution is 0.607. The minimum atomic E-state index is 0.855. The summed E-state index contributed by atoms with van der Waals surface area (Å²) in [5, 5.41) is 2.79. The number of thiophene rings is 3. The van der Waals surface area contributed by atoms with Gasteiger partial charge in [-0.05, 0) is 36.6 Å². The van der Waals surface area contributed by atoms with E-state index in [0.29, 0.717) is 0 Å². The Kier molecular flexibility index (Phi) is 5.04. The van der Waals surface area contributed by atoms with Crippen LogP contribution in [0.25, 0.3) is 39.0 Å². The van der Waals surface area contributed by atoms with Crippen molar-refractivity contribution in [2.75, 3.05) is 5.73 Å². The summed E-state index contributed by atoms with van der Waals surface area (Å²) in [6, 6.07) is 13.5. The number of nitrogens with two attached hydrogens (primary N) is 1. The molecule has 0 amide bonds. The molecule has 3 heterocycles. The molecule has 4 heteroatoms. The number of anilines is 1. The van der Waals surface area contributed by atoms with E-state index in [2.05, 4.69) is 37.3 Å². The van der Waals surface area contributed by atoms with Gasteiger partial charge >= 0.3 is 0 Å². The lowest BCUT2D eigenvalue weighted by Crippen LogP contribution is -1.85. The van der Waals surface area contributed by atoms with E-state index in [1.807, 2.05) is 40.1 Å². The van der Waals surface area contributed by atoms with Gasteiger partial charge in [-0.1, -0.05) is 57.2 Å². The van der Waals surface area contributed by atoms with Gasteiger partial charge in [-0.2, -0.15) is 0 Å². The highest BCUT2D eigenvalue weighted by atomic mass is 32.1. The summed E-state index contributed by atoms with van der Waals surface area (Å²) in [7, 11) is 0. The van der Waals surface area contributed by atoms with Crippen LogP contribution in [0.4, 0.5) is 5.69 Å². The molecule has 0 spiro atoms. The predicted molar refractivity (Wildman–Crippen MR) is 132 cm³/mol. The number of rotatable bonds is 7. The van der Waals surface area contributed by atoms with E-state index < -0.39 is 0 Å². The summed E-state index contributed by atoms with van der Waals surface area (Å²) < 4.78 is 8.56. The van der Waals surface area contributed by atoms with Crippen LogP contribution in [0.1, 0.15) is 51.0 Å². The van der Waals surface area contributed by atoms with Gasteiger partial charge in [0.15, 0.2) is 0 Å². The zero-order valence-electron chi connectivity index (χ0n) is 16.2. The van der Waals surface area contributed by atoms with Crippen molar-refractivity contribution in [3.63, 3.8) is 0 Å². The average Bonchev–Trinajstić information content (AvgIpc) is 3.32. The molecule has 144 valence electrons. The van der Waals surface area contributed by atoms with Crippen LogP contribution in [0.15, 0.2) is 36.4 Å². The maximum absolute atomic E-state index is 5.99. The van der Waals surface area contributed by atoms with Gasteiger partial charge in [-0.15, -0.1) is 34.0 Å². The quantitative estimate of drug-likeness (QED) is 0.205. The van der Waals surface area contributed by atoms with Crippen molar-refractivity contribution in [2.45, 2.75) is 51.9 Å². The molecule has 0 atom stereocenters. The second-order valence-corrected chi connectivity index (χ2v) is 10.9. The van der Waals surface area contributed by atoms with Crippen LogP contribution in [0.2, 0.25) is 0 Å². The first-order valence-electron chi connectivity index (χ1n) is 10.3. The Bertz CT molecular complexity index is 1270. The summed E-state index contributed by atoms with van der Waals surface area (Å²) in [6.07, 6.45) is 9.39. The first-order valence-corrected chi connectivity index (χ1v) is 12.7. The number of hydrogen-bond acceptors (Lipinski definition) is 4. The molecule has 0 saturated carbocycles. The molecule has 2 aromatic carbocycles. The fourth-order valence-electron chi connectivity index (χ4n) is 4.08. The van der Waals surface area contributed by atoms with E-state index in [1.165, 1.54) is 89.5 Å². The predicted octanol–water partition coefficient (Wildman–Crippen LogP) is 8.97. The van der Waals surface area contributed by atoms with Crippen LogP contribution in [0.5, 0.6) is 0 Å². The van der Waals surface area contributed by atoms with Crippen molar-refractivity contribution in [1.82, 2.24) is 0 Å². The molecular weight excluding hydrogens is 398 g/mol. The van der Waals surface area contributed by atoms with Crippen molar-refractivity contribution < 1.29 is 0 Å². The van der Waals surface area contributed by atoms with E-state index in [0.717, 1.165) is 5.69 Å². The smallest absolute Gasteiger partial charge is 0.0642 e. The molecule has 0 unspecified atom stereocenters. The van der Waals surface area contributed by atoms with Crippen LogP contribution in [-0.2, 0) is 6.42 Å². The molecule has 0 aliphatic heterocycles.